The van der Waals surface area contributed by atoms with Crippen molar-refractivity contribution in [2.75, 3.05) is 19.6 Å². The molecule has 2 saturated heterocycles. The fourth-order valence-corrected chi connectivity index (χ4v) is 3.63. The molecule has 0 atom stereocenters. The molecule has 0 spiro atoms. The van der Waals surface area contributed by atoms with Crippen molar-refractivity contribution in [2.24, 2.45) is 0 Å². The Kier molecular flexibility index (Phi) is 4.51. The monoisotopic (exact) mass is 306 g/mol. The third-order valence-corrected chi connectivity index (χ3v) is 5.16. The first-order valence-corrected chi connectivity index (χ1v) is 8.28. The summed E-state index contributed by atoms with van der Waals surface area (Å²) in [5, 5.41) is 0.838. The number of piperidine rings is 1. The SMILES string of the molecule is Cc1cc(CN2CCC(N3CCCC3=O)CC2)ccc1Cl. The predicted octanol–water partition coefficient (Wildman–Crippen LogP) is 3.24. The zero-order chi connectivity index (χ0) is 14.8. The molecule has 0 saturated carbocycles. The molecule has 0 radical (unpaired) electrons. The van der Waals surface area contributed by atoms with E-state index in [0.717, 1.165) is 62.4 Å². The summed E-state index contributed by atoms with van der Waals surface area (Å²) in [6.07, 6.45) is 4.02. The zero-order valence-electron chi connectivity index (χ0n) is 12.6. The minimum atomic E-state index is 0.363. The van der Waals surface area contributed by atoms with Gasteiger partial charge in [0.15, 0.2) is 0 Å². The Morgan fingerprint density at radius 3 is 2.62 bits per heavy atom. The van der Waals surface area contributed by atoms with Gasteiger partial charge < -0.3 is 4.90 Å². The van der Waals surface area contributed by atoms with Crippen LogP contribution < -0.4 is 0 Å². The van der Waals surface area contributed by atoms with Crippen molar-refractivity contribution in [3.63, 3.8) is 0 Å². The number of amides is 1. The summed E-state index contributed by atoms with van der Waals surface area (Å²) in [5.74, 6) is 0.363. The van der Waals surface area contributed by atoms with Crippen LogP contribution in [-0.2, 0) is 11.3 Å². The molecule has 1 aromatic rings. The second-order valence-corrected chi connectivity index (χ2v) is 6.69. The van der Waals surface area contributed by atoms with Gasteiger partial charge in [-0.2, -0.15) is 0 Å². The molecule has 3 nitrogen and oxygen atoms in total. The molecule has 0 aliphatic carbocycles. The van der Waals surface area contributed by atoms with Crippen LogP contribution in [0.15, 0.2) is 18.2 Å². The molecule has 2 aliphatic heterocycles. The summed E-state index contributed by atoms with van der Waals surface area (Å²) in [7, 11) is 0. The molecule has 0 bridgehead atoms. The topological polar surface area (TPSA) is 23.6 Å². The van der Waals surface area contributed by atoms with Gasteiger partial charge in [0, 0.05) is 43.7 Å². The highest BCUT2D eigenvalue weighted by Gasteiger charge is 2.30. The number of halogens is 1. The molecule has 2 aliphatic rings. The molecule has 0 N–H and O–H groups in total. The van der Waals surface area contributed by atoms with E-state index in [1.165, 1.54) is 5.56 Å². The quantitative estimate of drug-likeness (QED) is 0.856. The molecule has 0 unspecified atom stereocenters. The number of likely N-dealkylation sites (tertiary alicyclic amines) is 2. The van der Waals surface area contributed by atoms with Gasteiger partial charge in [0.1, 0.15) is 0 Å². The number of nitrogens with zero attached hydrogens (tertiary/aromatic N) is 2. The lowest BCUT2D eigenvalue weighted by Gasteiger charge is -2.36. The lowest BCUT2D eigenvalue weighted by molar-refractivity contribution is -0.130. The van der Waals surface area contributed by atoms with Crippen molar-refractivity contribution in [1.29, 1.82) is 0 Å². The highest BCUT2D eigenvalue weighted by atomic mass is 35.5. The average Bonchev–Trinajstić information content (AvgIpc) is 2.90. The van der Waals surface area contributed by atoms with E-state index in [2.05, 4.69) is 28.9 Å². The normalized spacial score (nSPS) is 21.2. The first-order valence-electron chi connectivity index (χ1n) is 7.90. The molecule has 2 fully saturated rings. The summed E-state index contributed by atoms with van der Waals surface area (Å²) in [6.45, 7) is 6.17. The number of benzene rings is 1. The standard InChI is InChI=1S/C17H23ClN2O/c1-13-11-14(4-5-16(13)18)12-19-9-6-15(7-10-19)20-8-2-3-17(20)21/h4-5,11,15H,2-3,6-10,12H2,1H3. The summed E-state index contributed by atoms with van der Waals surface area (Å²) in [6, 6.07) is 6.76. The van der Waals surface area contributed by atoms with Crippen molar-refractivity contribution in [3.8, 4) is 0 Å². The number of hydrogen-bond donors (Lipinski definition) is 0. The summed E-state index contributed by atoms with van der Waals surface area (Å²) < 4.78 is 0. The fourth-order valence-electron chi connectivity index (χ4n) is 3.51. The Morgan fingerprint density at radius 1 is 1.24 bits per heavy atom. The Hall–Kier alpha value is -1.06. The number of carbonyl (C=O) groups is 1. The maximum absolute atomic E-state index is 11.8. The van der Waals surface area contributed by atoms with E-state index in [-0.39, 0.29) is 0 Å². The van der Waals surface area contributed by atoms with E-state index in [4.69, 9.17) is 11.6 Å². The Morgan fingerprint density at radius 2 is 2.00 bits per heavy atom. The van der Waals surface area contributed by atoms with Crippen molar-refractivity contribution < 1.29 is 4.79 Å². The summed E-state index contributed by atoms with van der Waals surface area (Å²) in [4.78, 5) is 16.4. The number of hydrogen-bond acceptors (Lipinski definition) is 2. The van der Waals surface area contributed by atoms with Crippen molar-refractivity contribution >= 4 is 17.5 Å². The molecule has 114 valence electrons. The Labute approximate surface area is 131 Å². The highest BCUT2D eigenvalue weighted by molar-refractivity contribution is 6.31. The van der Waals surface area contributed by atoms with Crippen LogP contribution in [-0.4, -0.2) is 41.4 Å². The van der Waals surface area contributed by atoms with Gasteiger partial charge in [-0.25, -0.2) is 0 Å². The molecule has 1 amide bonds. The third-order valence-electron chi connectivity index (χ3n) is 4.74. The predicted molar refractivity (Wildman–Crippen MR) is 85.4 cm³/mol. The molecular weight excluding hydrogens is 284 g/mol. The van der Waals surface area contributed by atoms with Crippen LogP contribution >= 0.6 is 11.6 Å². The van der Waals surface area contributed by atoms with Crippen LogP contribution in [0.4, 0.5) is 0 Å². The second-order valence-electron chi connectivity index (χ2n) is 6.28. The van der Waals surface area contributed by atoms with Crippen molar-refractivity contribution in [2.45, 2.75) is 45.2 Å². The average molecular weight is 307 g/mol. The van der Waals surface area contributed by atoms with Crippen LogP contribution in [0.25, 0.3) is 0 Å². The van der Waals surface area contributed by atoms with E-state index in [0.29, 0.717) is 11.9 Å². The van der Waals surface area contributed by atoms with Crippen molar-refractivity contribution in [3.05, 3.63) is 34.3 Å². The highest BCUT2D eigenvalue weighted by Crippen LogP contribution is 2.24. The lowest BCUT2D eigenvalue weighted by atomic mass is 10.0. The molecule has 0 aromatic heterocycles. The van der Waals surface area contributed by atoms with Crippen LogP contribution in [0.1, 0.15) is 36.8 Å². The van der Waals surface area contributed by atoms with Gasteiger partial charge in [0.05, 0.1) is 0 Å². The van der Waals surface area contributed by atoms with E-state index in [1.54, 1.807) is 0 Å². The molecule has 3 rings (SSSR count). The first kappa shape index (κ1) is 14.9. The van der Waals surface area contributed by atoms with Gasteiger partial charge >= 0.3 is 0 Å². The van der Waals surface area contributed by atoms with Gasteiger partial charge in [-0.1, -0.05) is 23.7 Å². The first-order chi connectivity index (χ1) is 10.1. The molecular formula is C17H23ClN2O. The zero-order valence-corrected chi connectivity index (χ0v) is 13.4. The van der Waals surface area contributed by atoms with Crippen LogP contribution in [0.2, 0.25) is 5.02 Å². The summed E-state index contributed by atoms with van der Waals surface area (Å²) >= 11 is 6.08. The van der Waals surface area contributed by atoms with Crippen molar-refractivity contribution in [1.82, 2.24) is 9.80 Å². The smallest absolute Gasteiger partial charge is 0.222 e. The molecule has 2 heterocycles. The Bertz CT molecular complexity index is 524. The van der Waals surface area contributed by atoms with Gasteiger partial charge in [-0.05, 0) is 43.4 Å². The number of aryl methyl sites for hydroxylation is 1. The van der Waals surface area contributed by atoms with Gasteiger partial charge in [-0.3, -0.25) is 9.69 Å². The minimum Gasteiger partial charge on any atom is -0.340 e. The van der Waals surface area contributed by atoms with Gasteiger partial charge in [0.25, 0.3) is 0 Å². The minimum absolute atomic E-state index is 0.363. The third kappa shape index (κ3) is 3.41. The van der Waals surface area contributed by atoms with Gasteiger partial charge in [0.2, 0.25) is 5.91 Å². The molecule has 21 heavy (non-hydrogen) atoms. The molecule has 4 heteroatoms. The Balaban J connectivity index is 1.53. The van der Waals surface area contributed by atoms with E-state index >= 15 is 0 Å². The van der Waals surface area contributed by atoms with E-state index in [9.17, 15) is 4.79 Å². The van der Waals surface area contributed by atoms with E-state index in [1.807, 2.05) is 6.07 Å². The van der Waals surface area contributed by atoms with Crippen LogP contribution in [0.5, 0.6) is 0 Å². The molecule has 1 aromatic carbocycles. The fraction of sp³-hybridized carbons (Fsp3) is 0.588. The number of carbonyl (C=O) groups excluding carboxylic acids is 1. The van der Waals surface area contributed by atoms with Gasteiger partial charge in [-0.15, -0.1) is 0 Å². The van der Waals surface area contributed by atoms with Crippen LogP contribution in [0, 0.1) is 6.92 Å². The second kappa shape index (κ2) is 6.37. The summed E-state index contributed by atoms with van der Waals surface area (Å²) in [5.41, 5.74) is 2.47. The maximum Gasteiger partial charge on any atom is 0.222 e. The van der Waals surface area contributed by atoms with Crippen LogP contribution in [0.3, 0.4) is 0 Å². The number of rotatable bonds is 3. The lowest BCUT2D eigenvalue weighted by Crippen LogP contribution is -2.45. The maximum atomic E-state index is 11.8. The van der Waals surface area contributed by atoms with E-state index < -0.39 is 0 Å². The largest absolute Gasteiger partial charge is 0.340 e.